The summed E-state index contributed by atoms with van der Waals surface area (Å²) < 4.78 is 12.8. The number of anilines is 1. The van der Waals surface area contributed by atoms with Gasteiger partial charge in [0.25, 0.3) is 0 Å². The van der Waals surface area contributed by atoms with E-state index in [9.17, 15) is 4.79 Å². The number of aromatic nitrogens is 3. The number of hydrogen-bond donors (Lipinski definition) is 1. The van der Waals surface area contributed by atoms with Crippen LogP contribution in [0.4, 0.5) is 5.69 Å². The molecule has 7 nitrogen and oxygen atoms in total. The third-order valence-corrected chi connectivity index (χ3v) is 4.71. The molecule has 0 aliphatic heterocycles. The molecule has 0 bridgehead atoms. The maximum absolute atomic E-state index is 12.0. The zero-order valence-corrected chi connectivity index (χ0v) is 18.4. The van der Waals surface area contributed by atoms with Crippen molar-refractivity contribution in [1.29, 1.82) is 0 Å². The molecule has 0 atom stereocenters. The second-order valence-corrected chi connectivity index (χ2v) is 7.24. The molecule has 164 valence electrons. The second kappa shape index (κ2) is 11.3. The van der Waals surface area contributed by atoms with Gasteiger partial charge in [-0.3, -0.25) is 4.79 Å². The highest BCUT2D eigenvalue weighted by molar-refractivity contribution is 5.90. The van der Waals surface area contributed by atoms with E-state index < -0.39 is 0 Å². The van der Waals surface area contributed by atoms with Crippen LogP contribution in [0.3, 0.4) is 0 Å². The minimum atomic E-state index is 0.0284. The largest absolute Gasteiger partial charge is 0.460 e. The van der Waals surface area contributed by atoms with Gasteiger partial charge in [0.1, 0.15) is 6.61 Å². The van der Waals surface area contributed by atoms with Gasteiger partial charge in [0.05, 0.1) is 12.3 Å². The van der Waals surface area contributed by atoms with E-state index in [0.29, 0.717) is 38.1 Å². The zero-order valence-electron chi connectivity index (χ0n) is 18.4. The second-order valence-electron chi connectivity index (χ2n) is 7.24. The van der Waals surface area contributed by atoms with Gasteiger partial charge in [-0.1, -0.05) is 43.2 Å². The van der Waals surface area contributed by atoms with Gasteiger partial charge in [-0.25, -0.2) is 4.68 Å². The van der Waals surface area contributed by atoms with E-state index in [2.05, 4.69) is 22.3 Å². The minimum Gasteiger partial charge on any atom is -0.460 e. The van der Waals surface area contributed by atoms with Crippen LogP contribution >= 0.6 is 0 Å². The first-order valence-electron chi connectivity index (χ1n) is 10.8. The summed E-state index contributed by atoms with van der Waals surface area (Å²) in [6.45, 7) is 7.57. The molecule has 0 aliphatic rings. The molecule has 7 heteroatoms. The summed E-state index contributed by atoms with van der Waals surface area (Å²) in [5.74, 6) is 0.715. The fraction of sp³-hybridized carbons (Fsp3) is 0.375. The molecule has 1 aromatic heterocycles. The number of unbranched alkanes of at least 4 members (excludes halogenated alkanes) is 1. The highest BCUT2D eigenvalue weighted by Gasteiger charge is 2.15. The van der Waals surface area contributed by atoms with Crippen molar-refractivity contribution in [3.05, 3.63) is 54.1 Å². The van der Waals surface area contributed by atoms with Crippen molar-refractivity contribution in [2.45, 2.75) is 40.0 Å². The van der Waals surface area contributed by atoms with Gasteiger partial charge in [-0.05, 0) is 44.5 Å². The van der Waals surface area contributed by atoms with Crippen LogP contribution in [0.5, 0.6) is 6.01 Å². The SMILES string of the molecule is CCCCC(=O)Nc1ccc(-n2nc(OCCOCC)nc2-c2ccc(C)cc2)cc1. The van der Waals surface area contributed by atoms with E-state index in [1.54, 1.807) is 4.68 Å². The summed E-state index contributed by atoms with van der Waals surface area (Å²) in [5, 5.41) is 7.48. The van der Waals surface area contributed by atoms with Crippen LogP contribution in [0, 0.1) is 6.92 Å². The van der Waals surface area contributed by atoms with Crippen LogP contribution in [0.25, 0.3) is 17.1 Å². The average Bonchev–Trinajstić information content (AvgIpc) is 3.20. The maximum atomic E-state index is 12.0. The predicted octanol–water partition coefficient (Wildman–Crippen LogP) is 4.79. The molecule has 0 saturated heterocycles. The fourth-order valence-electron chi connectivity index (χ4n) is 3.01. The maximum Gasteiger partial charge on any atom is 0.336 e. The number of carbonyl (C=O) groups is 1. The summed E-state index contributed by atoms with van der Waals surface area (Å²) >= 11 is 0. The highest BCUT2D eigenvalue weighted by Crippen LogP contribution is 2.25. The standard InChI is InChI=1S/C24H30N4O3/c1-4-6-7-22(29)25-20-12-14-21(15-13-20)28-23(19-10-8-18(3)9-11-19)26-24(27-28)31-17-16-30-5-2/h8-15H,4-7,16-17H2,1-3H3,(H,25,29). The molecule has 0 saturated carbocycles. The molecular weight excluding hydrogens is 392 g/mol. The third-order valence-electron chi connectivity index (χ3n) is 4.71. The van der Waals surface area contributed by atoms with E-state index in [0.717, 1.165) is 29.8 Å². The summed E-state index contributed by atoms with van der Waals surface area (Å²) in [4.78, 5) is 16.6. The lowest BCUT2D eigenvalue weighted by Gasteiger charge is -2.08. The molecule has 1 heterocycles. The van der Waals surface area contributed by atoms with Crippen molar-refractivity contribution in [2.24, 2.45) is 0 Å². The lowest BCUT2D eigenvalue weighted by Crippen LogP contribution is -2.11. The van der Waals surface area contributed by atoms with Gasteiger partial charge >= 0.3 is 6.01 Å². The average molecular weight is 423 g/mol. The Morgan fingerprint density at radius 3 is 2.45 bits per heavy atom. The number of aryl methyl sites for hydroxylation is 1. The van der Waals surface area contributed by atoms with Gasteiger partial charge in [-0.2, -0.15) is 4.98 Å². The van der Waals surface area contributed by atoms with Crippen molar-refractivity contribution >= 4 is 11.6 Å². The molecular formula is C24H30N4O3. The molecule has 3 aromatic rings. The van der Waals surface area contributed by atoms with E-state index in [4.69, 9.17) is 9.47 Å². The van der Waals surface area contributed by atoms with Crippen molar-refractivity contribution in [3.8, 4) is 23.1 Å². The molecule has 0 radical (unpaired) electrons. The van der Waals surface area contributed by atoms with Crippen LogP contribution < -0.4 is 10.1 Å². The van der Waals surface area contributed by atoms with Crippen molar-refractivity contribution < 1.29 is 14.3 Å². The Morgan fingerprint density at radius 1 is 1.03 bits per heavy atom. The van der Waals surface area contributed by atoms with E-state index >= 15 is 0 Å². The number of ether oxygens (including phenoxy) is 2. The van der Waals surface area contributed by atoms with Crippen molar-refractivity contribution in [3.63, 3.8) is 0 Å². The summed E-state index contributed by atoms with van der Waals surface area (Å²) in [7, 11) is 0. The Kier molecular flexibility index (Phi) is 8.18. The number of rotatable bonds is 11. The predicted molar refractivity (Wildman–Crippen MR) is 122 cm³/mol. The number of hydrogen-bond acceptors (Lipinski definition) is 5. The smallest absolute Gasteiger partial charge is 0.336 e. The third kappa shape index (κ3) is 6.39. The number of amides is 1. The quantitative estimate of drug-likeness (QED) is 0.450. The van der Waals surface area contributed by atoms with Gasteiger partial charge in [0, 0.05) is 24.3 Å². The zero-order chi connectivity index (χ0) is 22.1. The molecule has 0 spiro atoms. The molecule has 1 amide bonds. The monoisotopic (exact) mass is 422 g/mol. The summed E-state index contributed by atoms with van der Waals surface area (Å²) in [5.41, 5.74) is 3.70. The molecule has 3 rings (SSSR count). The van der Waals surface area contributed by atoms with Gasteiger partial charge < -0.3 is 14.8 Å². The van der Waals surface area contributed by atoms with Crippen LogP contribution in [-0.2, 0) is 9.53 Å². The molecule has 0 unspecified atom stereocenters. The van der Waals surface area contributed by atoms with Crippen LogP contribution in [0.1, 0.15) is 38.7 Å². The van der Waals surface area contributed by atoms with Crippen molar-refractivity contribution in [2.75, 3.05) is 25.1 Å². The molecule has 2 aromatic carbocycles. The number of carbonyl (C=O) groups excluding carboxylic acids is 1. The Morgan fingerprint density at radius 2 is 1.77 bits per heavy atom. The summed E-state index contributed by atoms with van der Waals surface area (Å²) in [6.07, 6.45) is 2.41. The molecule has 0 aliphatic carbocycles. The first kappa shape index (κ1) is 22.5. The number of nitrogens with zero attached hydrogens (tertiary/aromatic N) is 3. The first-order valence-corrected chi connectivity index (χ1v) is 10.8. The lowest BCUT2D eigenvalue weighted by atomic mass is 10.1. The Labute approximate surface area is 183 Å². The van der Waals surface area contributed by atoms with Crippen molar-refractivity contribution in [1.82, 2.24) is 14.8 Å². The molecule has 0 fully saturated rings. The van der Waals surface area contributed by atoms with Crippen LogP contribution in [0.15, 0.2) is 48.5 Å². The Hall–Kier alpha value is -3.19. The molecule has 31 heavy (non-hydrogen) atoms. The lowest BCUT2D eigenvalue weighted by molar-refractivity contribution is -0.116. The van der Waals surface area contributed by atoms with Crippen LogP contribution in [0.2, 0.25) is 0 Å². The highest BCUT2D eigenvalue weighted by atomic mass is 16.5. The van der Waals surface area contributed by atoms with Gasteiger partial charge in [0.15, 0.2) is 5.82 Å². The Balaban J connectivity index is 1.83. The van der Waals surface area contributed by atoms with Gasteiger partial charge in [-0.15, -0.1) is 5.10 Å². The number of nitrogens with one attached hydrogen (secondary N) is 1. The van der Waals surface area contributed by atoms with Crippen LogP contribution in [-0.4, -0.2) is 40.5 Å². The molecule has 1 N–H and O–H groups in total. The summed E-state index contributed by atoms with van der Waals surface area (Å²) in [6, 6.07) is 16.0. The normalized spacial score (nSPS) is 10.8. The minimum absolute atomic E-state index is 0.0284. The number of benzene rings is 2. The topological polar surface area (TPSA) is 78.3 Å². The Bertz CT molecular complexity index is 965. The van der Waals surface area contributed by atoms with E-state index in [1.165, 1.54) is 5.56 Å². The van der Waals surface area contributed by atoms with E-state index in [1.807, 2.05) is 62.4 Å². The first-order chi connectivity index (χ1) is 15.1. The fourth-order valence-corrected chi connectivity index (χ4v) is 3.01. The van der Waals surface area contributed by atoms with E-state index in [-0.39, 0.29) is 5.91 Å². The van der Waals surface area contributed by atoms with Gasteiger partial charge in [0.2, 0.25) is 5.91 Å².